The molecule has 17 heavy (non-hydrogen) atoms. The smallest absolute Gasteiger partial charge is 0.162 e. The van der Waals surface area contributed by atoms with Crippen molar-refractivity contribution in [1.29, 1.82) is 0 Å². The predicted molar refractivity (Wildman–Crippen MR) is 70.8 cm³/mol. The number of hydrogen-bond donors (Lipinski definition) is 0. The van der Waals surface area contributed by atoms with Crippen LogP contribution in [-0.4, -0.2) is 19.0 Å². The number of methoxy groups -OCH3 is 1. The lowest BCUT2D eigenvalue weighted by Crippen LogP contribution is -2.07. The summed E-state index contributed by atoms with van der Waals surface area (Å²) in [7, 11) is 1.59. The molecule has 0 N–H and O–H groups in total. The molecule has 0 aliphatic heterocycles. The highest BCUT2D eigenvalue weighted by molar-refractivity contribution is 9.10. The van der Waals surface area contributed by atoms with Crippen molar-refractivity contribution in [2.75, 3.05) is 7.11 Å². The summed E-state index contributed by atoms with van der Waals surface area (Å²) in [5.41, 5.74) is 0.908. The standard InChI is InChI=1S/C13H17BrO3/c1-8(2)17-13-7-11(14)10(5-9(3)15)6-12(13)16-4/h6-8H,5H2,1-4H3. The highest BCUT2D eigenvalue weighted by Crippen LogP contribution is 2.34. The van der Waals surface area contributed by atoms with Crippen LogP contribution in [0.2, 0.25) is 0 Å². The molecule has 0 fully saturated rings. The largest absolute Gasteiger partial charge is 0.493 e. The first kappa shape index (κ1) is 14.0. The van der Waals surface area contributed by atoms with Crippen LogP contribution in [0, 0.1) is 0 Å². The molecule has 0 radical (unpaired) electrons. The fourth-order valence-electron chi connectivity index (χ4n) is 1.49. The summed E-state index contributed by atoms with van der Waals surface area (Å²) in [5, 5.41) is 0. The molecule has 0 spiro atoms. The Labute approximate surface area is 110 Å². The minimum absolute atomic E-state index is 0.0782. The van der Waals surface area contributed by atoms with Crippen LogP contribution >= 0.6 is 15.9 Å². The molecule has 0 amide bonds. The third-order valence-corrected chi connectivity index (χ3v) is 2.87. The number of carbonyl (C=O) groups excluding carboxylic acids is 1. The lowest BCUT2D eigenvalue weighted by Gasteiger charge is -2.15. The van der Waals surface area contributed by atoms with Crippen molar-refractivity contribution in [3.8, 4) is 11.5 Å². The van der Waals surface area contributed by atoms with E-state index in [1.165, 1.54) is 0 Å². The Balaban J connectivity index is 3.10. The van der Waals surface area contributed by atoms with Gasteiger partial charge in [0.25, 0.3) is 0 Å². The highest BCUT2D eigenvalue weighted by atomic mass is 79.9. The van der Waals surface area contributed by atoms with Gasteiger partial charge in [-0.25, -0.2) is 0 Å². The van der Waals surface area contributed by atoms with Gasteiger partial charge in [-0.3, -0.25) is 4.79 Å². The Morgan fingerprint density at radius 2 is 2.00 bits per heavy atom. The topological polar surface area (TPSA) is 35.5 Å². The van der Waals surface area contributed by atoms with Crippen LogP contribution in [-0.2, 0) is 11.2 Å². The summed E-state index contributed by atoms with van der Waals surface area (Å²) in [5.74, 6) is 1.45. The number of ketones is 1. The van der Waals surface area contributed by atoms with Crippen LogP contribution in [0.5, 0.6) is 11.5 Å². The first-order chi connectivity index (χ1) is 7.93. The Kier molecular flexibility index (Phi) is 5.00. The second-order valence-corrected chi connectivity index (χ2v) is 4.99. The molecule has 94 valence electrons. The lowest BCUT2D eigenvalue weighted by atomic mass is 10.1. The third-order valence-electron chi connectivity index (χ3n) is 2.13. The van der Waals surface area contributed by atoms with E-state index >= 15 is 0 Å². The molecule has 0 unspecified atom stereocenters. The molecule has 0 atom stereocenters. The zero-order valence-electron chi connectivity index (χ0n) is 10.5. The Morgan fingerprint density at radius 3 is 2.47 bits per heavy atom. The Morgan fingerprint density at radius 1 is 1.35 bits per heavy atom. The van der Waals surface area contributed by atoms with Crippen molar-refractivity contribution in [3.05, 3.63) is 22.2 Å². The van der Waals surface area contributed by atoms with Gasteiger partial charge >= 0.3 is 0 Å². The molecular weight excluding hydrogens is 284 g/mol. The molecule has 0 heterocycles. The summed E-state index contributed by atoms with van der Waals surface area (Å²) < 4.78 is 11.8. The van der Waals surface area contributed by atoms with Crippen molar-refractivity contribution >= 4 is 21.7 Å². The van der Waals surface area contributed by atoms with Gasteiger partial charge in [-0.1, -0.05) is 15.9 Å². The van der Waals surface area contributed by atoms with Crippen LogP contribution in [0.25, 0.3) is 0 Å². The van der Waals surface area contributed by atoms with Crippen molar-refractivity contribution < 1.29 is 14.3 Å². The number of halogens is 1. The Bertz CT molecular complexity index is 413. The molecule has 1 aromatic rings. The molecule has 0 aliphatic rings. The van der Waals surface area contributed by atoms with E-state index in [1.807, 2.05) is 26.0 Å². The van der Waals surface area contributed by atoms with Crippen LogP contribution in [0.1, 0.15) is 26.3 Å². The summed E-state index contributed by atoms with van der Waals surface area (Å²) in [6.07, 6.45) is 0.466. The molecular formula is C13H17BrO3. The molecule has 0 saturated heterocycles. The second kappa shape index (κ2) is 6.05. The van der Waals surface area contributed by atoms with E-state index in [0.29, 0.717) is 17.9 Å². The number of rotatable bonds is 5. The molecule has 0 aromatic heterocycles. The van der Waals surface area contributed by atoms with E-state index in [-0.39, 0.29) is 11.9 Å². The molecule has 1 aromatic carbocycles. The lowest BCUT2D eigenvalue weighted by molar-refractivity contribution is -0.116. The summed E-state index contributed by atoms with van der Waals surface area (Å²) in [6.45, 7) is 5.48. The van der Waals surface area contributed by atoms with Gasteiger partial charge in [-0.05, 0) is 38.5 Å². The number of carbonyl (C=O) groups is 1. The van der Waals surface area contributed by atoms with Crippen molar-refractivity contribution in [3.63, 3.8) is 0 Å². The van der Waals surface area contributed by atoms with Crippen LogP contribution in [0.15, 0.2) is 16.6 Å². The molecule has 0 bridgehead atoms. The fourth-order valence-corrected chi connectivity index (χ4v) is 1.95. The van der Waals surface area contributed by atoms with E-state index in [9.17, 15) is 4.79 Å². The van der Waals surface area contributed by atoms with Gasteiger partial charge in [0.1, 0.15) is 5.78 Å². The SMILES string of the molecule is COc1cc(CC(C)=O)c(Br)cc1OC(C)C. The van der Waals surface area contributed by atoms with E-state index < -0.39 is 0 Å². The van der Waals surface area contributed by atoms with Gasteiger partial charge in [0.05, 0.1) is 13.2 Å². The molecule has 1 rings (SSSR count). The average Bonchev–Trinajstić information content (AvgIpc) is 2.20. The first-order valence-electron chi connectivity index (χ1n) is 5.46. The summed E-state index contributed by atoms with van der Waals surface area (Å²) in [4.78, 5) is 11.1. The zero-order valence-corrected chi connectivity index (χ0v) is 12.1. The van der Waals surface area contributed by atoms with Crippen LogP contribution in [0.3, 0.4) is 0 Å². The number of Topliss-reactive ketones (excluding diaryl/α,β-unsaturated/α-hetero) is 1. The normalized spacial score (nSPS) is 10.5. The minimum atomic E-state index is 0.0782. The van der Waals surface area contributed by atoms with Gasteiger partial charge in [0, 0.05) is 10.9 Å². The third kappa shape index (κ3) is 4.04. The van der Waals surface area contributed by atoms with E-state index in [2.05, 4.69) is 15.9 Å². The number of ether oxygens (including phenoxy) is 2. The number of hydrogen-bond acceptors (Lipinski definition) is 3. The van der Waals surface area contributed by atoms with Gasteiger partial charge in [-0.2, -0.15) is 0 Å². The van der Waals surface area contributed by atoms with Gasteiger partial charge < -0.3 is 9.47 Å². The maximum absolute atomic E-state index is 11.1. The van der Waals surface area contributed by atoms with Crippen molar-refractivity contribution in [2.45, 2.75) is 33.3 Å². The van der Waals surface area contributed by atoms with Crippen LogP contribution < -0.4 is 9.47 Å². The second-order valence-electron chi connectivity index (χ2n) is 4.14. The number of benzene rings is 1. The van der Waals surface area contributed by atoms with Gasteiger partial charge in [0.15, 0.2) is 11.5 Å². The van der Waals surface area contributed by atoms with E-state index in [4.69, 9.17) is 9.47 Å². The van der Waals surface area contributed by atoms with Crippen molar-refractivity contribution in [2.24, 2.45) is 0 Å². The summed E-state index contributed by atoms with van der Waals surface area (Å²) in [6, 6.07) is 3.68. The zero-order chi connectivity index (χ0) is 13.0. The molecule has 0 saturated carbocycles. The monoisotopic (exact) mass is 300 g/mol. The maximum Gasteiger partial charge on any atom is 0.162 e. The fraction of sp³-hybridized carbons (Fsp3) is 0.462. The molecule has 3 nitrogen and oxygen atoms in total. The van der Waals surface area contributed by atoms with Gasteiger partial charge in [0.2, 0.25) is 0 Å². The summed E-state index contributed by atoms with van der Waals surface area (Å²) >= 11 is 3.44. The van der Waals surface area contributed by atoms with Gasteiger partial charge in [-0.15, -0.1) is 0 Å². The highest BCUT2D eigenvalue weighted by Gasteiger charge is 2.12. The van der Waals surface area contributed by atoms with Crippen molar-refractivity contribution in [1.82, 2.24) is 0 Å². The maximum atomic E-state index is 11.1. The van der Waals surface area contributed by atoms with E-state index in [1.54, 1.807) is 14.0 Å². The van der Waals surface area contributed by atoms with E-state index in [0.717, 1.165) is 10.0 Å². The molecule has 0 aliphatic carbocycles. The Hall–Kier alpha value is -1.03. The quantitative estimate of drug-likeness (QED) is 0.836. The minimum Gasteiger partial charge on any atom is -0.493 e. The predicted octanol–water partition coefficient (Wildman–Crippen LogP) is 3.38. The average molecular weight is 301 g/mol. The van der Waals surface area contributed by atoms with Crippen LogP contribution in [0.4, 0.5) is 0 Å². The molecule has 4 heteroatoms. The first-order valence-corrected chi connectivity index (χ1v) is 6.25.